The number of fused-ring (bicyclic) bond motifs is 1. The van der Waals surface area contributed by atoms with Gasteiger partial charge in [-0.25, -0.2) is 0 Å². The number of carbonyl (C=O) groups excluding carboxylic acids is 1. The number of hydrogen-bond donors (Lipinski definition) is 0. The first-order chi connectivity index (χ1) is 6.76. The van der Waals surface area contributed by atoms with E-state index >= 15 is 0 Å². The Kier molecular flexibility index (Phi) is 2.25. The van der Waals surface area contributed by atoms with Gasteiger partial charge in [0.15, 0.2) is 11.3 Å². The molecule has 3 heteroatoms. The highest BCUT2D eigenvalue weighted by atomic mass is 32.1. The van der Waals surface area contributed by atoms with E-state index < -0.39 is 0 Å². The zero-order valence-electron chi connectivity index (χ0n) is 8.03. The fourth-order valence-electron chi connectivity index (χ4n) is 1.45. The zero-order chi connectivity index (χ0) is 10.1. The molecule has 0 unspecified atom stereocenters. The maximum atomic E-state index is 10.8. The second-order valence-corrected chi connectivity index (χ2v) is 4.12. The molecule has 1 aromatic heterocycles. The molecule has 2 aromatic rings. The lowest BCUT2D eigenvalue weighted by Gasteiger charge is -1.96. The van der Waals surface area contributed by atoms with Crippen molar-refractivity contribution in [3.63, 3.8) is 0 Å². The first-order valence-electron chi connectivity index (χ1n) is 4.28. The lowest BCUT2D eigenvalue weighted by Crippen LogP contribution is -1.80. The van der Waals surface area contributed by atoms with E-state index in [4.69, 9.17) is 4.74 Å². The molecule has 14 heavy (non-hydrogen) atoms. The van der Waals surface area contributed by atoms with Crippen LogP contribution < -0.4 is 4.74 Å². The van der Waals surface area contributed by atoms with Gasteiger partial charge >= 0.3 is 0 Å². The summed E-state index contributed by atoms with van der Waals surface area (Å²) >= 11 is 1.51. The van der Waals surface area contributed by atoms with Crippen molar-refractivity contribution in [2.24, 2.45) is 0 Å². The monoisotopic (exact) mass is 206 g/mol. The van der Waals surface area contributed by atoms with Crippen LogP contribution in [0, 0.1) is 6.92 Å². The van der Waals surface area contributed by atoms with Gasteiger partial charge in [0.1, 0.15) is 0 Å². The van der Waals surface area contributed by atoms with Crippen molar-refractivity contribution >= 4 is 27.7 Å². The van der Waals surface area contributed by atoms with E-state index in [1.54, 1.807) is 7.11 Å². The number of thiophene rings is 1. The molecule has 0 atom stereocenters. The van der Waals surface area contributed by atoms with Gasteiger partial charge < -0.3 is 4.74 Å². The molecule has 0 saturated heterocycles. The van der Waals surface area contributed by atoms with Crippen LogP contribution in [-0.2, 0) is 0 Å². The molecule has 0 saturated carbocycles. The highest BCUT2D eigenvalue weighted by Gasteiger charge is 2.07. The molecule has 1 heterocycles. The largest absolute Gasteiger partial charge is 0.487 e. The Morgan fingerprint density at radius 1 is 1.43 bits per heavy atom. The van der Waals surface area contributed by atoms with Crippen LogP contribution in [0.4, 0.5) is 0 Å². The van der Waals surface area contributed by atoms with Gasteiger partial charge in [0.2, 0.25) is 0 Å². The van der Waals surface area contributed by atoms with Crippen molar-refractivity contribution < 1.29 is 9.53 Å². The Bertz CT molecular complexity index is 485. The molecule has 72 valence electrons. The minimum atomic E-state index is 0.735. The minimum absolute atomic E-state index is 0.735. The summed E-state index contributed by atoms with van der Waals surface area (Å²) in [7, 11) is 1.64. The van der Waals surface area contributed by atoms with Gasteiger partial charge in [-0.15, -0.1) is 0 Å². The summed E-state index contributed by atoms with van der Waals surface area (Å²) < 4.78 is 6.17. The number of methoxy groups -OCH3 is 1. The van der Waals surface area contributed by atoms with Crippen molar-refractivity contribution in [2.45, 2.75) is 6.92 Å². The van der Waals surface area contributed by atoms with Gasteiger partial charge in [-0.05, 0) is 30.0 Å². The lowest BCUT2D eigenvalue weighted by molar-refractivity contribution is 0.112. The first kappa shape index (κ1) is 9.21. The summed E-state index contributed by atoms with van der Waals surface area (Å²) in [5.41, 5.74) is 1.91. The van der Waals surface area contributed by atoms with Crippen LogP contribution in [0.2, 0.25) is 0 Å². The van der Waals surface area contributed by atoms with Gasteiger partial charge in [0.05, 0.1) is 7.11 Å². The van der Waals surface area contributed by atoms with E-state index in [1.165, 1.54) is 16.9 Å². The molecular weight excluding hydrogens is 196 g/mol. The Labute approximate surface area is 86.1 Å². The van der Waals surface area contributed by atoms with Gasteiger partial charge in [-0.1, -0.05) is 17.4 Å². The fourth-order valence-corrected chi connectivity index (χ4v) is 2.47. The molecule has 0 aliphatic carbocycles. The van der Waals surface area contributed by atoms with E-state index in [0.29, 0.717) is 0 Å². The molecule has 0 amide bonds. The average Bonchev–Trinajstić information content (AvgIpc) is 2.63. The van der Waals surface area contributed by atoms with Crippen molar-refractivity contribution in [3.8, 4) is 5.06 Å². The summed E-state index contributed by atoms with van der Waals surface area (Å²) in [6.07, 6.45) is 0.887. The van der Waals surface area contributed by atoms with E-state index in [9.17, 15) is 4.79 Å². The van der Waals surface area contributed by atoms with E-state index in [0.717, 1.165) is 27.0 Å². The normalized spacial score (nSPS) is 10.4. The number of hydrogen-bond acceptors (Lipinski definition) is 3. The van der Waals surface area contributed by atoms with Gasteiger partial charge in [0.25, 0.3) is 0 Å². The van der Waals surface area contributed by atoms with Crippen molar-refractivity contribution in [3.05, 3.63) is 29.3 Å². The van der Waals surface area contributed by atoms with Crippen LogP contribution in [-0.4, -0.2) is 13.4 Å². The average molecular weight is 206 g/mol. The molecule has 0 fully saturated rings. The third-order valence-corrected chi connectivity index (χ3v) is 3.38. The molecule has 0 aliphatic rings. The molecule has 0 bridgehead atoms. The van der Waals surface area contributed by atoms with E-state index in [2.05, 4.69) is 0 Å². The molecule has 0 radical (unpaired) electrons. The topological polar surface area (TPSA) is 26.3 Å². The molecule has 2 rings (SSSR count). The molecule has 0 N–H and O–H groups in total. The smallest absolute Gasteiger partial charge is 0.174 e. The number of ether oxygens (including phenoxy) is 1. The van der Waals surface area contributed by atoms with Crippen LogP contribution in [0.3, 0.4) is 0 Å². The number of carbonyl (C=O) groups is 1. The third-order valence-electron chi connectivity index (χ3n) is 2.24. The Morgan fingerprint density at radius 2 is 2.21 bits per heavy atom. The van der Waals surface area contributed by atoms with Crippen LogP contribution in [0.15, 0.2) is 18.2 Å². The van der Waals surface area contributed by atoms with Crippen molar-refractivity contribution in [2.75, 3.05) is 7.11 Å². The van der Waals surface area contributed by atoms with Crippen LogP contribution in [0.25, 0.3) is 10.1 Å². The number of benzene rings is 1. The standard InChI is InChI=1S/C11H10O2S/c1-7-3-4-8(6-12)11-9(7)5-10(13-2)14-11/h3-6H,1-2H3. The molecule has 0 spiro atoms. The van der Waals surface area contributed by atoms with Crippen LogP contribution >= 0.6 is 11.3 Å². The highest BCUT2D eigenvalue weighted by Crippen LogP contribution is 2.35. The second-order valence-electron chi connectivity index (χ2n) is 3.10. The fraction of sp³-hybridized carbons (Fsp3) is 0.182. The highest BCUT2D eigenvalue weighted by molar-refractivity contribution is 7.21. The van der Waals surface area contributed by atoms with Crippen molar-refractivity contribution in [1.82, 2.24) is 0 Å². The summed E-state index contributed by atoms with van der Waals surface area (Å²) in [6.45, 7) is 2.03. The maximum Gasteiger partial charge on any atom is 0.174 e. The van der Waals surface area contributed by atoms with E-state index in [-0.39, 0.29) is 0 Å². The van der Waals surface area contributed by atoms with Crippen LogP contribution in [0.1, 0.15) is 15.9 Å². The molecule has 1 aromatic carbocycles. The SMILES string of the molecule is COc1cc2c(C)ccc(C=O)c2s1. The van der Waals surface area contributed by atoms with Gasteiger partial charge in [-0.3, -0.25) is 4.79 Å². The van der Waals surface area contributed by atoms with Gasteiger partial charge in [-0.2, -0.15) is 0 Å². The predicted molar refractivity (Wildman–Crippen MR) is 58.5 cm³/mol. The quantitative estimate of drug-likeness (QED) is 0.706. The number of aryl methyl sites for hydroxylation is 1. The Morgan fingerprint density at radius 3 is 2.86 bits per heavy atom. The number of aldehydes is 1. The molecular formula is C11H10O2S. The summed E-state index contributed by atoms with van der Waals surface area (Å²) in [4.78, 5) is 10.8. The van der Waals surface area contributed by atoms with Crippen LogP contribution in [0.5, 0.6) is 5.06 Å². The summed E-state index contributed by atoms with van der Waals surface area (Å²) in [5, 5.41) is 1.95. The lowest BCUT2D eigenvalue weighted by atomic mass is 10.1. The summed E-state index contributed by atoms with van der Waals surface area (Å²) in [6, 6.07) is 5.78. The number of rotatable bonds is 2. The maximum absolute atomic E-state index is 10.8. The zero-order valence-corrected chi connectivity index (χ0v) is 8.85. The Balaban J connectivity index is 2.81. The first-order valence-corrected chi connectivity index (χ1v) is 5.10. The van der Waals surface area contributed by atoms with E-state index in [1.807, 2.05) is 25.1 Å². The third kappa shape index (κ3) is 1.30. The molecule has 0 aliphatic heterocycles. The minimum Gasteiger partial charge on any atom is -0.487 e. The van der Waals surface area contributed by atoms with Crippen molar-refractivity contribution in [1.29, 1.82) is 0 Å². The second kappa shape index (κ2) is 3.42. The summed E-state index contributed by atoms with van der Waals surface area (Å²) in [5.74, 6) is 0. The predicted octanol–water partition coefficient (Wildman–Crippen LogP) is 3.03. The molecule has 2 nitrogen and oxygen atoms in total. The Hall–Kier alpha value is -1.35. The van der Waals surface area contributed by atoms with Gasteiger partial charge in [0, 0.05) is 10.3 Å².